The predicted molar refractivity (Wildman–Crippen MR) is 152 cm³/mol. The maximum Gasteiger partial charge on any atom is 0.247 e. The summed E-state index contributed by atoms with van der Waals surface area (Å²) in [6.07, 6.45) is 3.71. The van der Waals surface area contributed by atoms with Gasteiger partial charge in [0.25, 0.3) is 0 Å². The highest BCUT2D eigenvalue weighted by Gasteiger charge is 2.24. The molecule has 0 radical (unpaired) electrons. The van der Waals surface area contributed by atoms with Crippen LogP contribution in [-0.4, -0.2) is 114 Å². The number of rotatable bonds is 12. The summed E-state index contributed by atoms with van der Waals surface area (Å²) in [4.78, 5) is 13.6. The molecule has 0 amide bonds. The van der Waals surface area contributed by atoms with Crippen LogP contribution in [0, 0.1) is 11.3 Å². The molecule has 1 aromatic carbocycles. The molecule has 14 nitrogen and oxygen atoms in total. The van der Waals surface area contributed by atoms with Crippen LogP contribution in [-0.2, 0) is 9.47 Å². The molecule has 3 fully saturated rings. The number of nitriles is 1. The van der Waals surface area contributed by atoms with Crippen molar-refractivity contribution in [3.05, 3.63) is 23.9 Å². The quantitative estimate of drug-likeness (QED) is 0.289. The van der Waals surface area contributed by atoms with Gasteiger partial charge in [-0.15, -0.1) is 5.10 Å². The number of fused-ring (bicyclic) bond motifs is 1. The second-order valence-corrected chi connectivity index (χ2v) is 10.3. The highest BCUT2D eigenvalue weighted by molar-refractivity contribution is 5.71. The van der Waals surface area contributed by atoms with Gasteiger partial charge in [0.1, 0.15) is 36.6 Å². The van der Waals surface area contributed by atoms with Crippen LogP contribution >= 0.6 is 0 Å². The Hall–Kier alpha value is -3.90. The van der Waals surface area contributed by atoms with E-state index in [0.29, 0.717) is 65.2 Å². The monoisotopic (exact) mass is 564 g/mol. The van der Waals surface area contributed by atoms with Crippen LogP contribution < -0.4 is 25.8 Å². The minimum atomic E-state index is 0.299. The fourth-order valence-corrected chi connectivity index (χ4v) is 4.79. The third-order valence-corrected chi connectivity index (χ3v) is 7.29. The molecular formula is C27H36N10O4. The topological polar surface area (TPSA) is 160 Å². The molecule has 6 rings (SSSR count). The molecule has 218 valence electrons. The summed E-state index contributed by atoms with van der Waals surface area (Å²) in [6, 6.07) is 6.11. The molecule has 1 saturated carbocycles. The standard InChI is InChI=1S/C27H36N10O4/c28-17-19-15-21(32-27-33-25(31-20-1-2-20)26-30-18-24(29)37(26)34-27)23(41-14-8-36-5-11-39-12-6-36)16-22(19)40-13-7-35-3-9-38-10-4-35/h15-16,18,20H,1-14,29H2,(H2,31,32,33,34). The first-order chi connectivity index (χ1) is 20.2. The lowest BCUT2D eigenvalue weighted by Gasteiger charge is -2.27. The van der Waals surface area contributed by atoms with E-state index in [-0.39, 0.29) is 0 Å². The van der Waals surface area contributed by atoms with E-state index in [1.165, 1.54) is 0 Å². The smallest absolute Gasteiger partial charge is 0.247 e. The molecule has 0 atom stereocenters. The van der Waals surface area contributed by atoms with Crippen LogP contribution in [0.5, 0.6) is 11.5 Å². The van der Waals surface area contributed by atoms with Crippen LogP contribution in [0.2, 0.25) is 0 Å². The predicted octanol–water partition coefficient (Wildman–Crippen LogP) is 1.32. The summed E-state index contributed by atoms with van der Waals surface area (Å²) in [7, 11) is 0. The van der Waals surface area contributed by atoms with E-state index < -0.39 is 0 Å². The second kappa shape index (κ2) is 12.7. The third kappa shape index (κ3) is 6.88. The number of nitrogens with zero attached hydrogens (tertiary/aromatic N) is 7. The number of aromatic nitrogens is 4. The van der Waals surface area contributed by atoms with Gasteiger partial charge in [-0.05, 0) is 18.9 Å². The Morgan fingerprint density at radius 3 is 2.27 bits per heavy atom. The number of hydrogen-bond donors (Lipinski definition) is 3. The first-order valence-corrected chi connectivity index (χ1v) is 14.1. The van der Waals surface area contributed by atoms with E-state index >= 15 is 0 Å². The highest BCUT2D eigenvalue weighted by atomic mass is 16.5. The fraction of sp³-hybridized carbons (Fsp3) is 0.556. The van der Waals surface area contributed by atoms with Crippen LogP contribution in [0.1, 0.15) is 18.4 Å². The summed E-state index contributed by atoms with van der Waals surface area (Å²) in [5.74, 6) is 2.30. The van der Waals surface area contributed by atoms with Crippen molar-refractivity contribution in [1.82, 2.24) is 29.4 Å². The minimum absolute atomic E-state index is 0.299. The maximum atomic E-state index is 9.98. The molecule has 1 aliphatic carbocycles. The van der Waals surface area contributed by atoms with Crippen LogP contribution in [0.4, 0.5) is 23.3 Å². The van der Waals surface area contributed by atoms with Crippen LogP contribution in [0.3, 0.4) is 0 Å². The normalized spacial score (nSPS) is 18.2. The zero-order chi connectivity index (χ0) is 28.0. The van der Waals surface area contributed by atoms with Gasteiger partial charge < -0.3 is 35.3 Å². The molecule has 4 N–H and O–H groups in total. The first kappa shape index (κ1) is 27.3. The lowest BCUT2D eigenvalue weighted by Crippen LogP contribution is -2.38. The Morgan fingerprint density at radius 1 is 0.976 bits per heavy atom. The number of nitrogen functional groups attached to an aromatic ring is 1. The van der Waals surface area contributed by atoms with E-state index in [0.717, 1.165) is 78.5 Å². The van der Waals surface area contributed by atoms with Gasteiger partial charge >= 0.3 is 0 Å². The molecule has 2 aromatic heterocycles. The molecule has 14 heteroatoms. The molecule has 2 aliphatic heterocycles. The van der Waals surface area contributed by atoms with E-state index in [9.17, 15) is 5.26 Å². The van der Waals surface area contributed by atoms with Crippen molar-refractivity contribution < 1.29 is 18.9 Å². The second-order valence-electron chi connectivity index (χ2n) is 10.3. The third-order valence-electron chi connectivity index (χ3n) is 7.29. The Kier molecular flexibility index (Phi) is 8.47. The number of nitrogens with one attached hydrogen (secondary N) is 2. The van der Waals surface area contributed by atoms with Crippen molar-refractivity contribution in [1.29, 1.82) is 5.26 Å². The molecule has 0 bridgehead atoms. The molecule has 2 saturated heterocycles. The van der Waals surface area contributed by atoms with Crippen molar-refractivity contribution in [2.75, 3.05) is 95.3 Å². The average molecular weight is 565 g/mol. The summed E-state index contributed by atoms with van der Waals surface area (Å²) in [6.45, 7) is 8.77. The van der Waals surface area contributed by atoms with Gasteiger partial charge in [0.2, 0.25) is 5.95 Å². The molecule has 4 heterocycles. The average Bonchev–Trinajstić information content (AvgIpc) is 3.74. The number of benzene rings is 1. The molecule has 0 unspecified atom stereocenters. The van der Waals surface area contributed by atoms with Gasteiger partial charge in [-0.1, -0.05) is 0 Å². The van der Waals surface area contributed by atoms with E-state index in [2.05, 4.69) is 41.6 Å². The zero-order valence-electron chi connectivity index (χ0n) is 23.0. The number of morpholine rings is 2. The van der Waals surface area contributed by atoms with Crippen molar-refractivity contribution in [3.8, 4) is 17.6 Å². The summed E-state index contributed by atoms with van der Waals surface area (Å²) < 4.78 is 24.8. The van der Waals surface area contributed by atoms with Gasteiger partial charge in [0.05, 0.1) is 43.9 Å². The largest absolute Gasteiger partial charge is 0.491 e. The molecule has 3 aromatic rings. The van der Waals surface area contributed by atoms with Gasteiger partial charge in [-0.3, -0.25) is 9.80 Å². The number of ether oxygens (including phenoxy) is 4. The Bertz CT molecular complexity index is 1380. The zero-order valence-corrected chi connectivity index (χ0v) is 23.0. The fourth-order valence-electron chi connectivity index (χ4n) is 4.79. The van der Waals surface area contributed by atoms with Gasteiger partial charge in [-0.25, -0.2) is 4.98 Å². The van der Waals surface area contributed by atoms with Gasteiger partial charge in [0.15, 0.2) is 11.5 Å². The van der Waals surface area contributed by atoms with E-state index in [4.69, 9.17) is 24.7 Å². The minimum Gasteiger partial charge on any atom is -0.491 e. The Balaban J connectivity index is 1.24. The Morgan fingerprint density at radius 2 is 1.63 bits per heavy atom. The number of nitrogens with two attached hydrogens (primary N) is 1. The SMILES string of the molecule is N#Cc1cc(Nc2nc(NC3CC3)c3ncc(N)n3n2)c(OCCN2CCOCC2)cc1OCCN1CCOCC1. The number of anilines is 4. The van der Waals surface area contributed by atoms with Crippen molar-refractivity contribution in [3.63, 3.8) is 0 Å². The van der Waals surface area contributed by atoms with Gasteiger partial charge in [0, 0.05) is 51.4 Å². The first-order valence-electron chi connectivity index (χ1n) is 14.1. The molecule has 3 aliphatic rings. The number of imidazole rings is 1. The summed E-state index contributed by atoms with van der Waals surface area (Å²) in [5, 5.41) is 21.2. The van der Waals surface area contributed by atoms with Crippen molar-refractivity contribution in [2.45, 2.75) is 18.9 Å². The lowest BCUT2D eigenvalue weighted by atomic mass is 10.1. The number of hydrogen-bond acceptors (Lipinski definition) is 13. The van der Waals surface area contributed by atoms with Gasteiger partial charge in [-0.2, -0.15) is 14.8 Å². The van der Waals surface area contributed by atoms with Crippen molar-refractivity contribution >= 4 is 28.9 Å². The molecule has 0 spiro atoms. The van der Waals surface area contributed by atoms with Crippen LogP contribution in [0.25, 0.3) is 5.65 Å². The lowest BCUT2D eigenvalue weighted by molar-refractivity contribution is 0.0319. The van der Waals surface area contributed by atoms with Crippen molar-refractivity contribution in [2.24, 2.45) is 0 Å². The van der Waals surface area contributed by atoms with Crippen LogP contribution in [0.15, 0.2) is 18.3 Å². The highest BCUT2D eigenvalue weighted by Crippen LogP contribution is 2.35. The summed E-state index contributed by atoms with van der Waals surface area (Å²) >= 11 is 0. The summed E-state index contributed by atoms with van der Waals surface area (Å²) in [5.41, 5.74) is 7.63. The van der Waals surface area contributed by atoms with E-state index in [1.807, 2.05) is 0 Å². The molecular weight excluding hydrogens is 528 g/mol. The molecule has 41 heavy (non-hydrogen) atoms. The maximum absolute atomic E-state index is 9.98. The van der Waals surface area contributed by atoms with E-state index in [1.54, 1.807) is 22.8 Å². The Labute approximate surface area is 238 Å².